The van der Waals surface area contributed by atoms with Gasteiger partial charge in [-0.1, -0.05) is 6.92 Å². The molecule has 0 saturated heterocycles. The van der Waals surface area contributed by atoms with Crippen molar-refractivity contribution in [3.63, 3.8) is 0 Å². The summed E-state index contributed by atoms with van der Waals surface area (Å²) in [5.74, 6) is 0. The molecule has 0 bridgehead atoms. The van der Waals surface area contributed by atoms with Gasteiger partial charge in [-0.2, -0.15) is 5.48 Å². The van der Waals surface area contributed by atoms with Gasteiger partial charge in [-0.25, -0.2) is 0 Å². The third kappa shape index (κ3) is 3.10. The third-order valence-corrected chi connectivity index (χ3v) is 3.27. The Bertz CT molecular complexity index is 247. The molecule has 0 fully saturated rings. The van der Waals surface area contributed by atoms with Crippen LogP contribution in [0.25, 0.3) is 0 Å². The highest BCUT2D eigenvalue weighted by atomic mass is 32.1. The smallest absolute Gasteiger partial charge is 0.0654 e. The predicted octanol–water partition coefficient (Wildman–Crippen LogP) is 2.91. The van der Waals surface area contributed by atoms with E-state index in [9.17, 15) is 0 Å². The van der Waals surface area contributed by atoms with E-state index in [-0.39, 0.29) is 0 Å². The highest BCUT2D eigenvalue weighted by molar-refractivity contribution is 7.12. The highest BCUT2D eigenvalue weighted by Gasteiger charge is 2.06. The van der Waals surface area contributed by atoms with E-state index in [4.69, 9.17) is 4.84 Å². The molecule has 13 heavy (non-hydrogen) atoms. The number of hydrogen-bond donors (Lipinski definition) is 1. The zero-order valence-electron chi connectivity index (χ0n) is 8.46. The Labute approximate surface area is 83.9 Å². The first-order valence-corrected chi connectivity index (χ1v) is 5.55. The quantitative estimate of drug-likeness (QED) is 0.736. The Hall–Kier alpha value is -0.380. The molecule has 0 aliphatic heterocycles. The van der Waals surface area contributed by atoms with E-state index in [0.717, 1.165) is 6.42 Å². The maximum absolute atomic E-state index is 5.15. The number of hydroxylamine groups is 1. The van der Waals surface area contributed by atoms with E-state index in [1.54, 1.807) is 0 Å². The molecule has 0 radical (unpaired) electrons. The first-order valence-electron chi connectivity index (χ1n) is 4.73. The second-order valence-electron chi connectivity index (χ2n) is 2.93. The summed E-state index contributed by atoms with van der Waals surface area (Å²) in [4.78, 5) is 7.92. The van der Waals surface area contributed by atoms with Crippen molar-refractivity contribution in [3.05, 3.63) is 21.9 Å². The van der Waals surface area contributed by atoms with E-state index in [0.29, 0.717) is 12.6 Å². The minimum atomic E-state index is 0.297. The molecule has 1 aromatic rings. The first-order chi connectivity index (χ1) is 6.27. The van der Waals surface area contributed by atoms with Crippen molar-refractivity contribution in [3.8, 4) is 0 Å². The molecule has 1 N–H and O–H groups in total. The monoisotopic (exact) mass is 199 g/mol. The average Bonchev–Trinajstić information content (AvgIpc) is 2.62. The van der Waals surface area contributed by atoms with Crippen molar-refractivity contribution in [2.24, 2.45) is 0 Å². The molecule has 0 aliphatic rings. The van der Waals surface area contributed by atoms with E-state index >= 15 is 0 Å². The lowest BCUT2D eigenvalue weighted by Gasteiger charge is -2.10. The lowest BCUT2D eigenvalue weighted by atomic mass is 10.3. The van der Waals surface area contributed by atoms with Gasteiger partial charge in [0.15, 0.2) is 0 Å². The van der Waals surface area contributed by atoms with Crippen LogP contribution in [0.5, 0.6) is 0 Å². The molecule has 1 unspecified atom stereocenters. The second-order valence-corrected chi connectivity index (χ2v) is 4.13. The molecular formula is C10H17NOS. The van der Waals surface area contributed by atoms with Gasteiger partial charge in [-0.15, -0.1) is 11.3 Å². The largest absolute Gasteiger partial charge is 0.301 e. The van der Waals surface area contributed by atoms with Gasteiger partial charge in [0, 0.05) is 9.75 Å². The highest BCUT2D eigenvalue weighted by Crippen LogP contribution is 2.23. The van der Waals surface area contributed by atoms with E-state index < -0.39 is 0 Å². The van der Waals surface area contributed by atoms with Crippen LogP contribution < -0.4 is 5.48 Å². The van der Waals surface area contributed by atoms with Crippen LogP contribution in [0.4, 0.5) is 0 Å². The molecule has 1 rings (SSSR count). The number of thiophene rings is 1. The third-order valence-electron chi connectivity index (χ3n) is 1.86. The van der Waals surface area contributed by atoms with Gasteiger partial charge in [0.25, 0.3) is 0 Å². The van der Waals surface area contributed by atoms with Crippen LogP contribution in [0.3, 0.4) is 0 Å². The fourth-order valence-electron chi connectivity index (χ4n) is 1.08. The standard InChI is InChI=1S/C10H17NOS/c1-4-9-6-7-10(13-9)8(3)11-12-5-2/h6-8,11H,4-5H2,1-3H3. The average molecular weight is 199 g/mol. The molecule has 1 aromatic heterocycles. The Balaban J connectivity index is 2.50. The molecule has 0 aromatic carbocycles. The lowest BCUT2D eigenvalue weighted by molar-refractivity contribution is 0.0293. The normalized spacial score (nSPS) is 13.2. The number of hydrogen-bond acceptors (Lipinski definition) is 3. The molecule has 0 saturated carbocycles. The van der Waals surface area contributed by atoms with E-state index in [1.165, 1.54) is 9.75 Å². The zero-order chi connectivity index (χ0) is 9.68. The summed E-state index contributed by atoms with van der Waals surface area (Å²) in [6, 6.07) is 4.65. The van der Waals surface area contributed by atoms with Crippen molar-refractivity contribution in [1.82, 2.24) is 5.48 Å². The van der Waals surface area contributed by atoms with Gasteiger partial charge >= 0.3 is 0 Å². The van der Waals surface area contributed by atoms with Crippen molar-refractivity contribution in [1.29, 1.82) is 0 Å². The van der Waals surface area contributed by atoms with Crippen LogP contribution in [0.2, 0.25) is 0 Å². The summed E-state index contributed by atoms with van der Waals surface area (Å²) in [7, 11) is 0. The second kappa shape index (κ2) is 5.37. The Morgan fingerprint density at radius 2 is 2.23 bits per heavy atom. The van der Waals surface area contributed by atoms with Crippen molar-refractivity contribution < 1.29 is 4.84 Å². The van der Waals surface area contributed by atoms with Crippen LogP contribution in [0.15, 0.2) is 12.1 Å². The summed E-state index contributed by atoms with van der Waals surface area (Å²) < 4.78 is 0. The van der Waals surface area contributed by atoms with Gasteiger partial charge < -0.3 is 4.84 Å². The Morgan fingerprint density at radius 1 is 1.46 bits per heavy atom. The molecule has 1 atom stereocenters. The molecule has 1 heterocycles. The van der Waals surface area contributed by atoms with Gasteiger partial charge in [-0.05, 0) is 32.4 Å². The summed E-state index contributed by atoms with van der Waals surface area (Å²) in [5.41, 5.74) is 3.00. The van der Waals surface area contributed by atoms with Crippen LogP contribution in [-0.2, 0) is 11.3 Å². The summed E-state index contributed by atoms with van der Waals surface area (Å²) in [5, 5.41) is 0. The molecule has 74 valence electrons. The molecule has 3 heteroatoms. The van der Waals surface area contributed by atoms with Crippen LogP contribution in [0.1, 0.15) is 36.6 Å². The van der Waals surface area contributed by atoms with Crippen LogP contribution in [0, 0.1) is 0 Å². The maximum atomic E-state index is 5.15. The fraction of sp³-hybridized carbons (Fsp3) is 0.600. The molecule has 2 nitrogen and oxygen atoms in total. The van der Waals surface area contributed by atoms with Crippen molar-refractivity contribution in [2.75, 3.05) is 6.61 Å². The molecule has 0 aliphatic carbocycles. The Kier molecular flexibility index (Phi) is 4.42. The van der Waals surface area contributed by atoms with Gasteiger partial charge in [0.1, 0.15) is 0 Å². The van der Waals surface area contributed by atoms with Gasteiger partial charge in [-0.3, -0.25) is 0 Å². The summed E-state index contributed by atoms with van der Waals surface area (Å²) in [6.07, 6.45) is 1.12. The topological polar surface area (TPSA) is 21.3 Å². The predicted molar refractivity (Wildman–Crippen MR) is 56.9 cm³/mol. The zero-order valence-corrected chi connectivity index (χ0v) is 9.28. The first kappa shape index (κ1) is 10.7. The SMILES string of the molecule is CCONC(C)c1ccc(CC)s1. The van der Waals surface area contributed by atoms with Crippen LogP contribution in [-0.4, -0.2) is 6.61 Å². The number of aryl methyl sites for hydroxylation is 1. The van der Waals surface area contributed by atoms with Crippen molar-refractivity contribution >= 4 is 11.3 Å². The fourth-order valence-corrected chi connectivity index (χ4v) is 2.03. The maximum Gasteiger partial charge on any atom is 0.0654 e. The van der Waals surface area contributed by atoms with Gasteiger partial charge in [0.2, 0.25) is 0 Å². The van der Waals surface area contributed by atoms with Crippen LogP contribution >= 0.6 is 11.3 Å². The summed E-state index contributed by atoms with van der Waals surface area (Å²) >= 11 is 1.85. The van der Waals surface area contributed by atoms with E-state index in [1.807, 2.05) is 18.3 Å². The molecular weight excluding hydrogens is 182 g/mol. The van der Waals surface area contributed by atoms with Crippen molar-refractivity contribution in [2.45, 2.75) is 33.2 Å². The van der Waals surface area contributed by atoms with Gasteiger partial charge in [0.05, 0.1) is 12.6 Å². The molecule has 0 spiro atoms. The number of rotatable bonds is 5. The van der Waals surface area contributed by atoms with E-state index in [2.05, 4.69) is 31.5 Å². The minimum Gasteiger partial charge on any atom is -0.301 e. The minimum absolute atomic E-state index is 0.297. The molecule has 0 amide bonds. The summed E-state index contributed by atoms with van der Waals surface area (Å²) in [6.45, 7) is 6.97. The Morgan fingerprint density at radius 3 is 2.77 bits per heavy atom. The lowest BCUT2D eigenvalue weighted by Crippen LogP contribution is -2.17. The number of nitrogens with one attached hydrogen (secondary N) is 1.